The SMILES string of the molecule is CC.CC(C)OC(=O)C1(NP(OCC2CC(C)C(n3cnc4c(N(N)C5CC5)nc(N)nc43)O2)Oc2ccc(Cl)cc2)CC1. The van der Waals surface area contributed by atoms with Crippen molar-refractivity contribution < 1.29 is 23.3 Å². The number of carbonyl (C=O) groups is 1. The number of nitrogens with one attached hydrogen (secondary N) is 1. The van der Waals surface area contributed by atoms with E-state index >= 15 is 0 Å². The first-order chi connectivity index (χ1) is 21.1. The molecule has 44 heavy (non-hydrogen) atoms. The first-order valence-corrected chi connectivity index (χ1v) is 16.7. The standard InChI is InChI=1S/C27H36ClN8O5P.C2H6/c1-15(2)39-25(37)27(10-11-27)34-42(41-19-8-4-17(28)5-9-19)38-13-20-12-16(3)24(40-20)35-14-31-21-22(35)32-26(29)33-23(21)36(30)18-6-7-18;1-2/h4-5,8-9,14-16,18,20,24,34H,6-7,10-13,30H2,1-3H3,(H2,29,32,33);1-2H3. The van der Waals surface area contributed by atoms with Gasteiger partial charge in [-0.1, -0.05) is 32.4 Å². The number of nitrogens with two attached hydrogens (primary N) is 2. The molecule has 15 heteroatoms. The van der Waals surface area contributed by atoms with Crippen LogP contribution in [0.1, 0.15) is 73.0 Å². The molecule has 0 radical (unpaired) electrons. The molecule has 0 amide bonds. The van der Waals surface area contributed by atoms with Crippen LogP contribution in [0.25, 0.3) is 11.2 Å². The van der Waals surface area contributed by atoms with E-state index in [-0.39, 0.29) is 48.9 Å². The highest BCUT2D eigenvalue weighted by Crippen LogP contribution is 2.48. The van der Waals surface area contributed by atoms with Gasteiger partial charge in [-0.2, -0.15) is 9.97 Å². The second-order valence-electron chi connectivity index (χ2n) is 11.5. The zero-order chi connectivity index (χ0) is 31.6. The highest BCUT2D eigenvalue weighted by Gasteiger charge is 2.54. The summed E-state index contributed by atoms with van der Waals surface area (Å²) >= 11 is 6.05. The molecule has 3 aliphatic rings. The Balaban J connectivity index is 0.00000188. The van der Waals surface area contributed by atoms with E-state index in [4.69, 9.17) is 41.7 Å². The van der Waals surface area contributed by atoms with Gasteiger partial charge in [0.25, 0.3) is 0 Å². The third kappa shape index (κ3) is 7.35. The highest BCUT2D eigenvalue weighted by molar-refractivity contribution is 7.45. The molecule has 4 atom stereocenters. The molecule has 240 valence electrons. The summed E-state index contributed by atoms with van der Waals surface area (Å²) in [5.74, 6) is 7.35. The van der Waals surface area contributed by atoms with Crippen molar-refractivity contribution in [1.29, 1.82) is 0 Å². The first-order valence-electron chi connectivity index (χ1n) is 15.2. The summed E-state index contributed by atoms with van der Waals surface area (Å²) < 4.78 is 26.3. The van der Waals surface area contributed by atoms with Gasteiger partial charge in [0.05, 0.1) is 25.1 Å². The van der Waals surface area contributed by atoms with Gasteiger partial charge >= 0.3 is 14.5 Å². The number of aromatic nitrogens is 4. The zero-order valence-electron chi connectivity index (χ0n) is 25.8. The number of benzene rings is 1. The number of imidazole rings is 1. The van der Waals surface area contributed by atoms with Gasteiger partial charge < -0.3 is 24.3 Å². The number of carbonyl (C=O) groups excluding carboxylic acids is 1. The number of nitrogen functional groups attached to an aromatic ring is 1. The molecule has 1 aliphatic heterocycles. The lowest BCUT2D eigenvalue weighted by Crippen LogP contribution is -2.40. The quantitative estimate of drug-likeness (QED) is 0.101. The number of hydrogen-bond acceptors (Lipinski definition) is 12. The molecule has 2 aromatic heterocycles. The van der Waals surface area contributed by atoms with E-state index in [9.17, 15) is 4.79 Å². The molecule has 13 nitrogen and oxygen atoms in total. The number of hydrogen-bond donors (Lipinski definition) is 3. The predicted molar refractivity (Wildman–Crippen MR) is 170 cm³/mol. The van der Waals surface area contributed by atoms with Crippen LogP contribution in [0.5, 0.6) is 5.75 Å². The van der Waals surface area contributed by atoms with Gasteiger partial charge in [-0.05, 0) is 70.2 Å². The normalized spacial score (nSPS) is 22.8. The molecule has 3 fully saturated rings. The maximum absolute atomic E-state index is 12.8. The summed E-state index contributed by atoms with van der Waals surface area (Å²) in [7, 11) is -1.71. The minimum atomic E-state index is -1.71. The van der Waals surface area contributed by atoms with Crippen LogP contribution in [-0.4, -0.2) is 55.9 Å². The van der Waals surface area contributed by atoms with E-state index in [1.165, 1.54) is 0 Å². The maximum Gasteiger partial charge on any atom is 0.327 e. The van der Waals surface area contributed by atoms with Crippen LogP contribution >= 0.6 is 20.1 Å². The van der Waals surface area contributed by atoms with Crippen molar-refractivity contribution >= 4 is 49.0 Å². The molecule has 6 rings (SSSR count). The lowest BCUT2D eigenvalue weighted by Gasteiger charge is -2.25. The average molecular weight is 649 g/mol. The summed E-state index contributed by atoms with van der Waals surface area (Å²) in [6.07, 6.45) is 4.93. The fourth-order valence-corrected chi connectivity index (χ4v) is 6.55. The van der Waals surface area contributed by atoms with Crippen LogP contribution in [0.2, 0.25) is 5.02 Å². The number of nitrogens with zero attached hydrogens (tertiary/aromatic N) is 5. The van der Waals surface area contributed by atoms with Gasteiger partial charge in [0.15, 0.2) is 17.0 Å². The van der Waals surface area contributed by atoms with Crippen molar-refractivity contribution in [2.24, 2.45) is 11.8 Å². The minimum absolute atomic E-state index is 0.125. The van der Waals surface area contributed by atoms with E-state index < -0.39 is 14.1 Å². The minimum Gasteiger partial charge on any atom is -0.462 e. The Labute approximate surface area is 263 Å². The van der Waals surface area contributed by atoms with Gasteiger partial charge in [-0.25, -0.2) is 15.9 Å². The van der Waals surface area contributed by atoms with Crippen LogP contribution in [0.4, 0.5) is 11.8 Å². The highest BCUT2D eigenvalue weighted by atomic mass is 35.5. The molecule has 3 heterocycles. The third-order valence-corrected chi connectivity index (χ3v) is 9.12. The lowest BCUT2D eigenvalue weighted by molar-refractivity contribution is -0.150. The van der Waals surface area contributed by atoms with E-state index in [0.717, 1.165) is 19.3 Å². The van der Waals surface area contributed by atoms with Crippen molar-refractivity contribution in [3.05, 3.63) is 35.6 Å². The van der Waals surface area contributed by atoms with Gasteiger partial charge in [0.2, 0.25) is 5.95 Å². The molecular formula is C29H42ClN8O5P. The van der Waals surface area contributed by atoms with Crippen molar-refractivity contribution in [2.45, 2.75) is 96.7 Å². The summed E-state index contributed by atoms with van der Waals surface area (Å²) in [6.45, 7) is 10.0. The first kappa shape index (κ1) is 32.6. The summed E-state index contributed by atoms with van der Waals surface area (Å²) in [4.78, 5) is 26.2. The van der Waals surface area contributed by atoms with Crippen molar-refractivity contribution in [3.63, 3.8) is 0 Å². The number of anilines is 2. The fraction of sp³-hybridized carbons (Fsp3) is 0.586. The summed E-state index contributed by atoms with van der Waals surface area (Å²) in [5, 5.41) is 5.53. The second-order valence-corrected chi connectivity index (χ2v) is 13.1. The molecule has 1 aromatic carbocycles. The monoisotopic (exact) mass is 648 g/mol. The molecule has 2 aliphatic carbocycles. The number of fused-ring (bicyclic) bond motifs is 1. The Morgan fingerprint density at radius 3 is 2.59 bits per heavy atom. The van der Waals surface area contributed by atoms with E-state index in [2.05, 4.69) is 27.0 Å². The fourth-order valence-electron chi connectivity index (χ4n) is 4.99. The molecule has 2 saturated carbocycles. The van der Waals surface area contributed by atoms with Gasteiger partial charge in [0, 0.05) is 17.0 Å². The molecular weight excluding hydrogens is 607 g/mol. The molecule has 4 unspecified atom stereocenters. The van der Waals surface area contributed by atoms with Crippen molar-refractivity contribution in [2.75, 3.05) is 17.3 Å². The van der Waals surface area contributed by atoms with Gasteiger partial charge in [-0.3, -0.25) is 14.4 Å². The topological polar surface area (TPSA) is 165 Å². The number of halogens is 1. The van der Waals surface area contributed by atoms with Crippen molar-refractivity contribution in [3.8, 4) is 5.75 Å². The zero-order valence-corrected chi connectivity index (χ0v) is 27.4. The number of ether oxygens (including phenoxy) is 2. The summed E-state index contributed by atoms with van der Waals surface area (Å²) in [5.41, 5.74) is 6.40. The van der Waals surface area contributed by atoms with E-state index in [1.807, 2.05) is 32.3 Å². The van der Waals surface area contributed by atoms with Crippen LogP contribution in [0, 0.1) is 5.92 Å². The van der Waals surface area contributed by atoms with Crippen LogP contribution in [0.15, 0.2) is 30.6 Å². The Hall–Kier alpha value is -2.80. The number of rotatable bonds is 12. The lowest BCUT2D eigenvalue weighted by atomic mass is 10.1. The Morgan fingerprint density at radius 2 is 1.95 bits per heavy atom. The number of hydrazine groups is 1. The van der Waals surface area contributed by atoms with Crippen LogP contribution in [-0.2, 0) is 18.8 Å². The second kappa shape index (κ2) is 13.7. The Bertz CT molecular complexity index is 1440. The molecule has 5 N–H and O–H groups in total. The number of esters is 1. The Morgan fingerprint density at radius 1 is 1.25 bits per heavy atom. The van der Waals surface area contributed by atoms with E-state index in [0.29, 0.717) is 40.6 Å². The van der Waals surface area contributed by atoms with Crippen molar-refractivity contribution in [1.82, 2.24) is 24.6 Å². The maximum atomic E-state index is 12.8. The van der Waals surface area contributed by atoms with Gasteiger partial charge in [0.1, 0.15) is 17.5 Å². The average Bonchev–Trinajstić information content (AvgIpc) is 3.92. The Kier molecular flexibility index (Phi) is 10.1. The molecule has 3 aromatic rings. The van der Waals surface area contributed by atoms with Crippen LogP contribution < -0.4 is 26.2 Å². The molecule has 0 bridgehead atoms. The largest absolute Gasteiger partial charge is 0.462 e. The van der Waals surface area contributed by atoms with Gasteiger partial charge in [-0.15, -0.1) is 0 Å². The summed E-state index contributed by atoms with van der Waals surface area (Å²) in [6, 6.07) is 7.23. The third-order valence-electron chi connectivity index (χ3n) is 7.50. The molecule has 1 saturated heterocycles. The predicted octanol–water partition coefficient (Wildman–Crippen LogP) is 5.25. The smallest absolute Gasteiger partial charge is 0.327 e. The van der Waals surface area contributed by atoms with E-state index in [1.54, 1.807) is 35.6 Å². The molecule has 0 spiro atoms. The van der Waals surface area contributed by atoms with Crippen LogP contribution in [0.3, 0.4) is 0 Å².